The molecule has 0 fully saturated rings. The Morgan fingerprint density at radius 1 is 0.947 bits per heavy atom. The third-order valence-corrected chi connectivity index (χ3v) is 2.91. The minimum atomic E-state index is 0.705. The Bertz CT molecular complexity index is 674. The second-order valence-electron chi connectivity index (χ2n) is 4.21. The van der Waals surface area contributed by atoms with E-state index < -0.39 is 0 Å². The van der Waals surface area contributed by atoms with Gasteiger partial charge in [0.2, 0.25) is 0 Å². The summed E-state index contributed by atoms with van der Waals surface area (Å²) in [6.45, 7) is 0. The van der Waals surface area contributed by atoms with Crippen molar-refractivity contribution in [3.8, 4) is 5.75 Å². The molecule has 90 valence electrons. The first-order valence-corrected chi connectivity index (χ1v) is 6.24. The van der Waals surface area contributed by atoms with E-state index in [1.54, 1.807) is 7.13 Å². The Morgan fingerprint density at radius 2 is 1.79 bits per heavy atom. The average Bonchev–Trinajstić information content (AvgIpc) is 2.96. The van der Waals surface area contributed by atoms with Gasteiger partial charge in [-0.05, 0) is 6.07 Å². The molecule has 0 bridgehead atoms. The monoisotopic (exact) mass is 246 g/mol. The van der Waals surface area contributed by atoms with Gasteiger partial charge in [0.05, 0.1) is 0 Å². The SMILES string of the molecule is B1C=Cc2ccccc2O1.b1cc2ccccc2o1. The van der Waals surface area contributed by atoms with Gasteiger partial charge in [0, 0.05) is 5.56 Å². The minimum absolute atomic E-state index is 0.705. The fraction of sp³-hybridized carbons (Fsp3) is 0. The summed E-state index contributed by atoms with van der Waals surface area (Å²) in [4.78, 5) is 0. The fourth-order valence-corrected chi connectivity index (χ4v) is 1.97. The molecule has 2 heterocycles. The van der Waals surface area contributed by atoms with Crippen molar-refractivity contribution in [3.63, 3.8) is 0 Å². The van der Waals surface area contributed by atoms with E-state index in [0.29, 0.717) is 7.48 Å². The number of hydrogen-bond acceptors (Lipinski definition) is 2. The van der Waals surface area contributed by atoms with Gasteiger partial charge in [-0.3, -0.25) is 0 Å². The molecule has 0 atom stereocenters. The van der Waals surface area contributed by atoms with Crippen molar-refractivity contribution in [1.29, 1.82) is 0 Å². The third kappa shape index (κ3) is 2.79. The molecule has 0 saturated carbocycles. The Hall–Kier alpha value is -2.22. The third-order valence-electron chi connectivity index (χ3n) is 2.91. The van der Waals surface area contributed by atoms with Gasteiger partial charge >= 0.3 is 60.1 Å². The average molecular weight is 246 g/mol. The predicted octanol–water partition coefficient (Wildman–Crippen LogP) is 3.17. The number of fused-ring (bicyclic) bond motifs is 2. The molecule has 1 aromatic heterocycles. The van der Waals surface area contributed by atoms with Gasteiger partial charge in [-0.1, -0.05) is 30.3 Å². The van der Waals surface area contributed by atoms with Crippen LogP contribution in [0.4, 0.5) is 0 Å². The topological polar surface area (TPSA) is 22.4 Å². The second kappa shape index (κ2) is 5.61. The van der Waals surface area contributed by atoms with E-state index in [2.05, 4.69) is 6.08 Å². The molecule has 2 nitrogen and oxygen atoms in total. The summed E-state index contributed by atoms with van der Waals surface area (Å²) in [6, 6.07) is 16.0. The van der Waals surface area contributed by atoms with Gasteiger partial charge < -0.3 is 4.65 Å². The first-order chi connectivity index (χ1) is 9.43. The van der Waals surface area contributed by atoms with Gasteiger partial charge in [0.1, 0.15) is 5.75 Å². The van der Waals surface area contributed by atoms with Crippen molar-refractivity contribution >= 4 is 31.7 Å². The molecule has 1 aliphatic rings. The van der Waals surface area contributed by atoms with Gasteiger partial charge in [-0.2, -0.15) is 0 Å². The van der Waals surface area contributed by atoms with Crippen LogP contribution in [0.25, 0.3) is 17.0 Å². The zero-order valence-corrected chi connectivity index (χ0v) is 10.5. The summed E-state index contributed by atoms with van der Waals surface area (Å²) in [5.41, 5.74) is 2.13. The van der Waals surface area contributed by atoms with Crippen LogP contribution in [0.5, 0.6) is 5.75 Å². The Morgan fingerprint density at radius 3 is 2.68 bits per heavy atom. The fourth-order valence-electron chi connectivity index (χ4n) is 1.97. The molecule has 0 unspecified atom stereocenters. The molecule has 19 heavy (non-hydrogen) atoms. The summed E-state index contributed by atoms with van der Waals surface area (Å²) >= 11 is 0. The summed E-state index contributed by atoms with van der Waals surface area (Å²) in [6.07, 6.45) is 2.08. The van der Waals surface area contributed by atoms with Gasteiger partial charge in [0.25, 0.3) is 0 Å². The zero-order chi connectivity index (χ0) is 12.9. The summed E-state index contributed by atoms with van der Waals surface area (Å²) in [7, 11) is 2.40. The maximum atomic E-state index is 5.34. The summed E-state index contributed by atoms with van der Waals surface area (Å²) in [5.74, 6) is 4.96. The van der Waals surface area contributed by atoms with E-state index >= 15 is 0 Å². The molecule has 0 spiro atoms. The van der Waals surface area contributed by atoms with Crippen LogP contribution in [-0.4, -0.2) is 14.6 Å². The molecule has 0 radical (unpaired) electrons. The molecule has 0 aliphatic carbocycles. The van der Waals surface area contributed by atoms with E-state index in [1.165, 1.54) is 5.56 Å². The van der Waals surface area contributed by atoms with Crippen LogP contribution in [0.2, 0.25) is 0 Å². The predicted molar refractivity (Wildman–Crippen MR) is 80.8 cm³/mol. The van der Waals surface area contributed by atoms with Crippen LogP contribution in [0, 0.1) is 0 Å². The quantitative estimate of drug-likeness (QED) is 0.568. The van der Waals surface area contributed by atoms with E-state index in [4.69, 9.17) is 8.99 Å². The Labute approximate surface area is 113 Å². The van der Waals surface area contributed by atoms with Crippen LogP contribution in [0.3, 0.4) is 0 Å². The molecular formula is C15H12B2O2. The standard InChI is InChI=1S/C8H7BO.C7H5BO/c1-2-4-8-7(3-1)5-6-9-10-8;1-2-4-7-6(3-1)5-8-9-7/h1-6,9H;1-5H. The van der Waals surface area contributed by atoms with Crippen LogP contribution in [0.15, 0.2) is 64.8 Å². The van der Waals surface area contributed by atoms with Crippen LogP contribution in [0.1, 0.15) is 5.56 Å². The molecule has 1 aliphatic heterocycles. The van der Waals surface area contributed by atoms with E-state index in [9.17, 15) is 0 Å². The molecule has 0 amide bonds. The molecule has 3 aromatic rings. The van der Waals surface area contributed by atoms with Crippen molar-refractivity contribution in [3.05, 3.63) is 66.0 Å². The van der Waals surface area contributed by atoms with E-state index in [-0.39, 0.29) is 0 Å². The number of rotatable bonds is 0. The Balaban J connectivity index is 0.000000117. The van der Waals surface area contributed by atoms with Crippen LogP contribution in [-0.2, 0) is 0 Å². The second-order valence-corrected chi connectivity index (χ2v) is 4.21. The first kappa shape index (κ1) is 11.8. The number of para-hydroxylation sites is 2. The molecule has 4 heteroatoms. The molecule has 4 rings (SSSR count). The van der Waals surface area contributed by atoms with Crippen LogP contribution < -0.4 is 4.65 Å². The summed E-state index contributed by atoms with van der Waals surface area (Å²) < 4.78 is 10.5. The molecule has 0 N–H and O–H groups in total. The van der Waals surface area contributed by atoms with Gasteiger partial charge in [0.15, 0.2) is 0 Å². The van der Waals surface area contributed by atoms with Crippen molar-refractivity contribution in [1.82, 2.24) is 0 Å². The van der Waals surface area contributed by atoms with Crippen molar-refractivity contribution in [2.75, 3.05) is 0 Å². The molecule has 0 saturated heterocycles. The summed E-state index contributed by atoms with van der Waals surface area (Å²) in [5, 5.41) is 1.16. The van der Waals surface area contributed by atoms with E-state index in [0.717, 1.165) is 16.7 Å². The number of hydrogen-bond donors (Lipinski definition) is 0. The van der Waals surface area contributed by atoms with Gasteiger partial charge in [-0.25, -0.2) is 0 Å². The molecular weight excluding hydrogens is 234 g/mol. The maximum absolute atomic E-state index is 5.34. The van der Waals surface area contributed by atoms with E-state index in [1.807, 2.05) is 60.5 Å². The van der Waals surface area contributed by atoms with Crippen molar-refractivity contribution < 1.29 is 8.99 Å². The number of benzene rings is 2. The molecule has 2 aromatic carbocycles. The first-order valence-electron chi connectivity index (χ1n) is 6.24. The normalized spacial score (nSPS) is 11.6. The van der Waals surface area contributed by atoms with Crippen molar-refractivity contribution in [2.24, 2.45) is 0 Å². The Kier molecular flexibility index (Phi) is 3.50. The zero-order valence-electron chi connectivity index (χ0n) is 10.5. The van der Waals surface area contributed by atoms with Crippen LogP contribution >= 0.6 is 0 Å². The van der Waals surface area contributed by atoms with Crippen molar-refractivity contribution in [2.45, 2.75) is 0 Å². The van der Waals surface area contributed by atoms with Gasteiger partial charge in [-0.15, -0.1) is 0 Å².